The van der Waals surface area contributed by atoms with Crippen molar-refractivity contribution in [1.82, 2.24) is 10.2 Å². The first kappa shape index (κ1) is 22.1. The summed E-state index contributed by atoms with van der Waals surface area (Å²) in [6.45, 7) is 4.27. The number of anilines is 2. The number of carbonyl (C=O) groups excluding carboxylic acids is 2. The normalized spacial score (nSPS) is 16.9. The predicted molar refractivity (Wildman–Crippen MR) is 123 cm³/mol. The lowest BCUT2D eigenvalue weighted by atomic mass is 10.0. The maximum absolute atomic E-state index is 12.5. The lowest BCUT2D eigenvalue weighted by molar-refractivity contribution is -0.136. The van der Waals surface area contributed by atoms with Crippen LogP contribution in [0, 0.1) is 0 Å². The van der Waals surface area contributed by atoms with Crippen LogP contribution in [-0.4, -0.2) is 70.3 Å². The second kappa shape index (κ2) is 10.0. The number of nitrogens with one attached hydrogen (secondary N) is 2. The summed E-state index contributed by atoms with van der Waals surface area (Å²) in [6.07, 6.45) is 1.02. The SMILES string of the molecule is COc1ccc(NC(=O)C(=O)NCC(c2ccc3c(c2)CCN3C)N2CCOCC2)cc1. The van der Waals surface area contributed by atoms with Gasteiger partial charge in [-0.1, -0.05) is 12.1 Å². The van der Waals surface area contributed by atoms with Crippen molar-refractivity contribution in [3.05, 3.63) is 53.6 Å². The molecule has 1 saturated heterocycles. The van der Waals surface area contributed by atoms with E-state index in [4.69, 9.17) is 9.47 Å². The van der Waals surface area contributed by atoms with E-state index in [1.54, 1.807) is 31.4 Å². The van der Waals surface area contributed by atoms with Crippen molar-refractivity contribution in [3.63, 3.8) is 0 Å². The molecule has 1 fully saturated rings. The van der Waals surface area contributed by atoms with Crippen LogP contribution in [0.4, 0.5) is 11.4 Å². The van der Waals surface area contributed by atoms with Crippen molar-refractivity contribution < 1.29 is 19.1 Å². The van der Waals surface area contributed by atoms with E-state index in [1.165, 1.54) is 11.3 Å². The van der Waals surface area contributed by atoms with Crippen LogP contribution in [0.5, 0.6) is 5.75 Å². The van der Waals surface area contributed by atoms with Crippen LogP contribution in [0.3, 0.4) is 0 Å². The van der Waals surface area contributed by atoms with Crippen molar-refractivity contribution in [2.45, 2.75) is 12.5 Å². The van der Waals surface area contributed by atoms with E-state index in [9.17, 15) is 9.59 Å². The molecule has 170 valence electrons. The van der Waals surface area contributed by atoms with Crippen LogP contribution < -0.4 is 20.3 Å². The fraction of sp³-hybridized carbons (Fsp3) is 0.417. The Morgan fingerprint density at radius 3 is 2.53 bits per heavy atom. The highest BCUT2D eigenvalue weighted by molar-refractivity contribution is 6.39. The smallest absolute Gasteiger partial charge is 0.313 e. The Balaban J connectivity index is 1.42. The summed E-state index contributed by atoms with van der Waals surface area (Å²) < 4.78 is 10.6. The van der Waals surface area contributed by atoms with Gasteiger partial charge < -0.3 is 25.0 Å². The molecule has 2 aromatic rings. The van der Waals surface area contributed by atoms with E-state index < -0.39 is 11.8 Å². The van der Waals surface area contributed by atoms with E-state index in [0.717, 1.165) is 31.6 Å². The second-order valence-corrected chi connectivity index (χ2v) is 8.12. The fourth-order valence-electron chi connectivity index (χ4n) is 4.27. The average molecular weight is 439 g/mol. The fourth-order valence-corrected chi connectivity index (χ4v) is 4.27. The quantitative estimate of drug-likeness (QED) is 0.670. The van der Waals surface area contributed by atoms with Crippen molar-refractivity contribution in [3.8, 4) is 5.75 Å². The first-order valence-corrected chi connectivity index (χ1v) is 10.9. The van der Waals surface area contributed by atoms with E-state index in [0.29, 0.717) is 31.2 Å². The lowest BCUT2D eigenvalue weighted by Crippen LogP contribution is -2.45. The van der Waals surface area contributed by atoms with E-state index in [2.05, 4.69) is 45.7 Å². The van der Waals surface area contributed by atoms with Gasteiger partial charge >= 0.3 is 11.8 Å². The molecule has 2 heterocycles. The summed E-state index contributed by atoms with van der Waals surface area (Å²) in [6, 6.07) is 13.4. The highest BCUT2D eigenvalue weighted by Gasteiger charge is 2.26. The van der Waals surface area contributed by atoms with Crippen molar-refractivity contribution in [2.24, 2.45) is 0 Å². The number of morpholine rings is 1. The Hall–Kier alpha value is -3.10. The standard InChI is InChI=1S/C24H30N4O4/c1-27-10-9-18-15-17(3-8-21(18)27)22(28-11-13-32-14-12-28)16-25-23(29)24(30)26-19-4-6-20(31-2)7-5-19/h3-8,15,22H,9-14,16H2,1-2H3,(H,25,29)(H,26,30). The molecule has 2 amide bonds. The molecule has 2 aliphatic rings. The van der Waals surface area contributed by atoms with Gasteiger partial charge in [-0.2, -0.15) is 0 Å². The maximum atomic E-state index is 12.5. The summed E-state index contributed by atoms with van der Waals surface area (Å²) in [5.41, 5.74) is 4.28. The molecule has 1 unspecified atom stereocenters. The number of rotatable bonds is 6. The van der Waals surface area contributed by atoms with Crippen molar-refractivity contribution in [1.29, 1.82) is 0 Å². The van der Waals surface area contributed by atoms with Crippen LogP contribution in [-0.2, 0) is 20.7 Å². The molecular formula is C24H30N4O4. The van der Waals surface area contributed by atoms with Gasteiger partial charge in [-0.25, -0.2) is 0 Å². The largest absolute Gasteiger partial charge is 0.497 e. The number of ether oxygens (including phenoxy) is 2. The number of fused-ring (bicyclic) bond motifs is 1. The van der Waals surface area contributed by atoms with Gasteiger partial charge in [0, 0.05) is 44.6 Å². The second-order valence-electron chi connectivity index (χ2n) is 8.12. The number of nitrogens with zero attached hydrogens (tertiary/aromatic N) is 2. The lowest BCUT2D eigenvalue weighted by Gasteiger charge is -2.35. The van der Waals surface area contributed by atoms with Gasteiger partial charge in [0.1, 0.15) is 5.75 Å². The zero-order valence-corrected chi connectivity index (χ0v) is 18.6. The van der Waals surface area contributed by atoms with Gasteiger partial charge in [0.15, 0.2) is 0 Å². The third kappa shape index (κ3) is 5.03. The molecular weight excluding hydrogens is 408 g/mol. The number of hydrogen-bond donors (Lipinski definition) is 2. The van der Waals surface area contributed by atoms with Crippen LogP contribution >= 0.6 is 0 Å². The summed E-state index contributed by atoms with van der Waals surface area (Å²) in [5, 5.41) is 5.46. The van der Waals surface area contributed by atoms with Crippen LogP contribution in [0.1, 0.15) is 17.2 Å². The molecule has 0 radical (unpaired) electrons. The highest BCUT2D eigenvalue weighted by Crippen LogP contribution is 2.31. The molecule has 0 saturated carbocycles. The number of likely N-dealkylation sites (N-methyl/N-ethyl adjacent to an activating group) is 1. The summed E-state index contributed by atoms with van der Waals surface area (Å²) in [4.78, 5) is 29.5. The Morgan fingerprint density at radius 1 is 1.06 bits per heavy atom. The minimum atomic E-state index is -0.688. The topological polar surface area (TPSA) is 83.1 Å². The number of benzene rings is 2. The van der Waals surface area contributed by atoms with Gasteiger partial charge in [0.05, 0.1) is 26.4 Å². The number of carbonyl (C=O) groups is 2. The highest BCUT2D eigenvalue weighted by atomic mass is 16.5. The predicted octanol–water partition coefficient (Wildman–Crippen LogP) is 1.82. The molecule has 2 aliphatic heterocycles. The van der Waals surface area contributed by atoms with Crippen LogP contribution in [0.15, 0.2) is 42.5 Å². The Kier molecular flexibility index (Phi) is 6.92. The molecule has 0 aromatic heterocycles. The number of hydrogen-bond acceptors (Lipinski definition) is 6. The molecule has 8 nitrogen and oxygen atoms in total. The molecule has 32 heavy (non-hydrogen) atoms. The molecule has 8 heteroatoms. The average Bonchev–Trinajstić information content (AvgIpc) is 3.20. The van der Waals surface area contributed by atoms with E-state index in [1.807, 2.05) is 0 Å². The zero-order chi connectivity index (χ0) is 22.5. The molecule has 2 aromatic carbocycles. The minimum absolute atomic E-state index is 0.0205. The third-order valence-corrected chi connectivity index (χ3v) is 6.11. The summed E-state index contributed by atoms with van der Waals surface area (Å²) in [5.74, 6) is -0.659. The number of amides is 2. The van der Waals surface area contributed by atoms with Gasteiger partial charge in [0.2, 0.25) is 0 Å². The first-order chi connectivity index (χ1) is 15.5. The molecule has 1 atom stereocenters. The van der Waals surface area contributed by atoms with Crippen LogP contribution in [0.25, 0.3) is 0 Å². The van der Waals surface area contributed by atoms with Gasteiger partial charge in [0.25, 0.3) is 0 Å². The van der Waals surface area contributed by atoms with Crippen LogP contribution in [0.2, 0.25) is 0 Å². The summed E-state index contributed by atoms with van der Waals surface area (Å²) in [7, 11) is 3.68. The molecule has 0 spiro atoms. The minimum Gasteiger partial charge on any atom is -0.497 e. The van der Waals surface area contributed by atoms with Gasteiger partial charge in [-0.05, 0) is 47.9 Å². The van der Waals surface area contributed by atoms with Gasteiger partial charge in [-0.15, -0.1) is 0 Å². The Labute approximate surface area is 188 Å². The molecule has 4 rings (SSSR count). The number of methoxy groups -OCH3 is 1. The van der Waals surface area contributed by atoms with E-state index in [-0.39, 0.29) is 6.04 Å². The summed E-state index contributed by atoms with van der Waals surface area (Å²) >= 11 is 0. The van der Waals surface area contributed by atoms with Crippen molar-refractivity contribution in [2.75, 3.05) is 63.8 Å². The Morgan fingerprint density at radius 2 is 1.81 bits per heavy atom. The third-order valence-electron chi connectivity index (χ3n) is 6.11. The van der Waals surface area contributed by atoms with Gasteiger partial charge in [-0.3, -0.25) is 14.5 Å². The molecule has 0 bridgehead atoms. The Bertz CT molecular complexity index is 957. The maximum Gasteiger partial charge on any atom is 0.313 e. The first-order valence-electron chi connectivity index (χ1n) is 10.9. The zero-order valence-electron chi connectivity index (χ0n) is 18.6. The molecule has 2 N–H and O–H groups in total. The van der Waals surface area contributed by atoms with E-state index >= 15 is 0 Å². The monoisotopic (exact) mass is 438 g/mol. The molecule has 0 aliphatic carbocycles. The van der Waals surface area contributed by atoms with Crippen molar-refractivity contribution >= 4 is 23.2 Å².